The summed E-state index contributed by atoms with van der Waals surface area (Å²) >= 11 is 3.43. The van der Waals surface area contributed by atoms with Gasteiger partial charge in [0.2, 0.25) is 0 Å². The SMILES string of the molecule is CC(C)CCCCNCCOc1cccc(Br)c1. The zero-order chi connectivity index (χ0) is 13.2. The Labute approximate surface area is 119 Å². The molecule has 0 aliphatic rings. The second-order valence-corrected chi connectivity index (χ2v) is 5.86. The first-order valence-corrected chi connectivity index (χ1v) is 7.57. The summed E-state index contributed by atoms with van der Waals surface area (Å²) in [7, 11) is 0. The number of hydrogen-bond donors (Lipinski definition) is 1. The summed E-state index contributed by atoms with van der Waals surface area (Å²) in [6.07, 6.45) is 3.91. The van der Waals surface area contributed by atoms with Crippen molar-refractivity contribution in [2.75, 3.05) is 19.7 Å². The lowest BCUT2D eigenvalue weighted by Gasteiger charge is -2.08. The van der Waals surface area contributed by atoms with Crippen LogP contribution >= 0.6 is 15.9 Å². The maximum Gasteiger partial charge on any atom is 0.120 e. The van der Waals surface area contributed by atoms with Crippen molar-refractivity contribution in [3.8, 4) is 5.75 Å². The molecule has 1 rings (SSSR count). The number of halogens is 1. The minimum Gasteiger partial charge on any atom is -0.492 e. The average molecular weight is 314 g/mol. The molecular weight excluding hydrogens is 290 g/mol. The lowest BCUT2D eigenvalue weighted by Crippen LogP contribution is -2.22. The highest BCUT2D eigenvalue weighted by Crippen LogP contribution is 2.17. The third-order valence-corrected chi connectivity index (χ3v) is 3.22. The molecule has 0 saturated heterocycles. The second-order valence-electron chi connectivity index (χ2n) is 4.95. The van der Waals surface area contributed by atoms with Crippen LogP contribution in [-0.4, -0.2) is 19.7 Å². The molecule has 0 heterocycles. The Morgan fingerprint density at radius 3 is 2.78 bits per heavy atom. The molecule has 0 aliphatic carbocycles. The van der Waals surface area contributed by atoms with Gasteiger partial charge in [-0.1, -0.05) is 48.7 Å². The third kappa shape index (κ3) is 7.72. The topological polar surface area (TPSA) is 21.3 Å². The molecule has 2 nitrogen and oxygen atoms in total. The van der Waals surface area contributed by atoms with Gasteiger partial charge in [0.05, 0.1) is 0 Å². The van der Waals surface area contributed by atoms with E-state index in [9.17, 15) is 0 Å². The van der Waals surface area contributed by atoms with Crippen LogP contribution in [0.15, 0.2) is 28.7 Å². The normalized spacial score (nSPS) is 10.9. The van der Waals surface area contributed by atoms with E-state index in [1.807, 2.05) is 24.3 Å². The number of hydrogen-bond acceptors (Lipinski definition) is 2. The predicted octanol–water partition coefficient (Wildman–Crippen LogP) is 4.24. The first-order valence-electron chi connectivity index (χ1n) is 6.77. The van der Waals surface area contributed by atoms with Gasteiger partial charge in [-0.05, 0) is 37.1 Å². The molecule has 1 aromatic rings. The highest BCUT2D eigenvalue weighted by Gasteiger charge is 1.96. The summed E-state index contributed by atoms with van der Waals surface area (Å²) in [5.74, 6) is 1.75. The molecule has 3 heteroatoms. The summed E-state index contributed by atoms with van der Waals surface area (Å²) in [5, 5.41) is 3.41. The van der Waals surface area contributed by atoms with E-state index < -0.39 is 0 Å². The molecule has 0 aromatic heterocycles. The highest BCUT2D eigenvalue weighted by atomic mass is 79.9. The van der Waals surface area contributed by atoms with E-state index in [0.29, 0.717) is 0 Å². The van der Waals surface area contributed by atoms with E-state index >= 15 is 0 Å². The van der Waals surface area contributed by atoms with Crippen molar-refractivity contribution in [3.63, 3.8) is 0 Å². The van der Waals surface area contributed by atoms with Crippen molar-refractivity contribution in [3.05, 3.63) is 28.7 Å². The van der Waals surface area contributed by atoms with Crippen LogP contribution in [0, 0.1) is 5.92 Å². The Morgan fingerprint density at radius 2 is 2.06 bits per heavy atom. The van der Waals surface area contributed by atoms with E-state index in [1.165, 1.54) is 19.3 Å². The standard InChI is InChI=1S/C15H24BrNO/c1-13(2)6-3-4-9-17-10-11-18-15-8-5-7-14(16)12-15/h5,7-8,12-13,17H,3-4,6,9-11H2,1-2H3. The molecule has 0 radical (unpaired) electrons. The van der Waals surface area contributed by atoms with E-state index in [2.05, 4.69) is 35.1 Å². The van der Waals surface area contributed by atoms with Gasteiger partial charge in [-0.2, -0.15) is 0 Å². The predicted molar refractivity (Wildman–Crippen MR) is 81.2 cm³/mol. The third-order valence-electron chi connectivity index (χ3n) is 2.73. The van der Waals surface area contributed by atoms with E-state index in [4.69, 9.17) is 4.74 Å². The first kappa shape index (κ1) is 15.5. The summed E-state index contributed by atoms with van der Waals surface area (Å²) in [5.41, 5.74) is 0. The van der Waals surface area contributed by atoms with Gasteiger partial charge >= 0.3 is 0 Å². The molecule has 0 aliphatic heterocycles. The van der Waals surface area contributed by atoms with Gasteiger partial charge in [-0.25, -0.2) is 0 Å². The van der Waals surface area contributed by atoms with Gasteiger partial charge in [0.15, 0.2) is 0 Å². The minimum absolute atomic E-state index is 0.723. The maximum atomic E-state index is 5.64. The van der Waals surface area contributed by atoms with Gasteiger partial charge in [0, 0.05) is 11.0 Å². The molecule has 0 unspecified atom stereocenters. The quantitative estimate of drug-likeness (QED) is 0.688. The number of unbranched alkanes of at least 4 members (excludes halogenated alkanes) is 1. The molecule has 1 N–H and O–H groups in total. The Morgan fingerprint density at radius 1 is 1.22 bits per heavy atom. The van der Waals surface area contributed by atoms with Crippen LogP contribution < -0.4 is 10.1 Å². The second kappa shape index (κ2) is 9.40. The van der Waals surface area contributed by atoms with Crippen LogP contribution in [0.3, 0.4) is 0 Å². The molecule has 102 valence electrons. The molecule has 0 fully saturated rings. The Balaban J connectivity index is 1.96. The van der Waals surface area contributed by atoms with E-state index in [0.717, 1.165) is 35.8 Å². The van der Waals surface area contributed by atoms with Crippen LogP contribution in [0.4, 0.5) is 0 Å². The summed E-state index contributed by atoms with van der Waals surface area (Å²) < 4.78 is 6.70. The van der Waals surface area contributed by atoms with E-state index in [-0.39, 0.29) is 0 Å². The molecule has 0 amide bonds. The van der Waals surface area contributed by atoms with Crippen LogP contribution in [-0.2, 0) is 0 Å². The lowest BCUT2D eigenvalue weighted by atomic mass is 10.1. The van der Waals surface area contributed by atoms with Gasteiger partial charge in [0.1, 0.15) is 12.4 Å². The molecule has 1 aromatic carbocycles. The zero-order valence-corrected chi connectivity index (χ0v) is 13.0. The van der Waals surface area contributed by atoms with Crippen molar-refractivity contribution in [1.82, 2.24) is 5.32 Å². The Bertz CT molecular complexity index is 328. The summed E-state index contributed by atoms with van der Waals surface area (Å²) in [6, 6.07) is 7.95. The van der Waals surface area contributed by atoms with Crippen LogP contribution in [0.1, 0.15) is 33.1 Å². The van der Waals surface area contributed by atoms with Gasteiger partial charge in [-0.3, -0.25) is 0 Å². The molecule has 0 saturated carbocycles. The molecule has 0 bridgehead atoms. The van der Waals surface area contributed by atoms with Gasteiger partial charge in [0.25, 0.3) is 0 Å². The van der Waals surface area contributed by atoms with Crippen LogP contribution in [0.5, 0.6) is 5.75 Å². The Hall–Kier alpha value is -0.540. The fraction of sp³-hybridized carbons (Fsp3) is 0.600. The summed E-state index contributed by atoms with van der Waals surface area (Å²) in [4.78, 5) is 0. The van der Waals surface area contributed by atoms with E-state index in [1.54, 1.807) is 0 Å². The van der Waals surface area contributed by atoms with Gasteiger partial charge < -0.3 is 10.1 Å². The van der Waals surface area contributed by atoms with Gasteiger partial charge in [-0.15, -0.1) is 0 Å². The minimum atomic E-state index is 0.723. The lowest BCUT2D eigenvalue weighted by molar-refractivity contribution is 0.313. The van der Waals surface area contributed by atoms with Crippen LogP contribution in [0.25, 0.3) is 0 Å². The Kier molecular flexibility index (Phi) is 8.10. The van der Waals surface area contributed by atoms with Crippen molar-refractivity contribution in [2.24, 2.45) is 5.92 Å². The number of ether oxygens (including phenoxy) is 1. The number of nitrogens with one attached hydrogen (secondary N) is 1. The zero-order valence-electron chi connectivity index (χ0n) is 11.4. The molecular formula is C15H24BrNO. The smallest absolute Gasteiger partial charge is 0.120 e. The van der Waals surface area contributed by atoms with Crippen LogP contribution in [0.2, 0.25) is 0 Å². The van der Waals surface area contributed by atoms with Crippen molar-refractivity contribution in [2.45, 2.75) is 33.1 Å². The molecule has 0 spiro atoms. The monoisotopic (exact) mass is 313 g/mol. The van der Waals surface area contributed by atoms with Crippen molar-refractivity contribution in [1.29, 1.82) is 0 Å². The fourth-order valence-corrected chi connectivity index (χ4v) is 2.10. The fourth-order valence-electron chi connectivity index (χ4n) is 1.73. The first-order chi connectivity index (χ1) is 8.68. The van der Waals surface area contributed by atoms with Crippen molar-refractivity contribution < 1.29 is 4.74 Å². The largest absolute Gasteiger partial charge is 0.492 e. The van der Waals surface area contributed by atoms with Crippen molar-refractivity contribution >= 4 is 15.9 Å². The molecule has 18 heavy (non-hydrogen) atoms. The number of rotatable bonds is 9. The average Bonchev–Trinajstić information content (AvgIpc) is 2.32. The highest BCUT2D eigenvalue weighted by molar-refractivity contribution is 9.10. The molecule has 0 atom stereocenters. The number of benzene rings is 1. The maximum absolute atomic E-state index is 5.64. The summed E-state index contributed by atoms with van der Waals surface area (Å²) in [6.45, 7) is 7.28.